The summed E-state index contributed by atoms with van der Waals surface area (Å²) in [5.74, 6) is 0.745. The van der Waals surface area contributed by atoms with Crippen LogP contribution in [0.3, 0.4) is 0 Å². The number of rotatable bonds is 6. The van der Waals surface area contributed by atoms with Gasteiger partial charge in [-0.1, -0.05) is 12.1 Å². The van der Waals surface area contributed by atoms with E-state index >= 15 is 0 Å². The first kappa shape index (κ1) is 23.9. The Morgan fingerprint density at radius 3 is 2.23 bits per heavy atom. The summed E-state index contributed by atoms with van der Waals surface area (Å²) in [6.07, 6.45) is -0.279. The first-order chi connectivity index (χ1) is 14.2. The molecule has 1 aliphatic rings. The van der Waals surface area contributed by atoms with Crippen LogP contribution in [0, 0.1) is 0 Å². The van der Waals surface area contributed by atoms with E-state index in [0.29, 0.717) is 39.3 Å². The third-order valence-corrected chi connectivity index (χ3v) is 7.14. The smallest absolute Gasteiger partial charge is 0.409 e. The molecular weight excluding hydrogens is 406 g/mol. The van der Waals surface area contributed by atoms with Crippen molar-refractivity contribution in [1.29, 1.82) is 0 Å². The molecule has 1 amide bonds. The molecule has 2 rings (SSSR count). The number of sulfonamides is 1. The molecule has 30 heavy (non-hydrogen) atoms. The number of ether oxygens (including phenoxy) is 1. The van der Waals surface area contributed by atoms with Crippen LogP contribution in [0.5, 0.6) is 0 Å². The van der Waals surface area contributed by atoms with Gasteiger partial charge in [-0.25, -0.2) is 13.2 Å². The molecule has 0 atom stereocenters. The van der Waals surface area contributed by atoms with Crippen molar-refractivity contribution >= 4 is 22.1 Å². The summed E-state index contributed by atoms with van der Waals surface area (Å²) >= 11 is 0. The Morgan fingerprint density at radius 1 is 1.17 bits per heavy atom. The van der Waals surface area contributed by atoms with Gasteiger partial charge in [0.15, 0.2) is 5.96 Å². The predicted octanol–water partition coefficient (Wildman–Crippen LogP) is 1.57. The average Bonchev–Trinajstić information content (AvgIpc) is 2.74. The van der Waals surface area contributed by atoms with E-state index in [1.807, 2.05) is 13.8 Å². The minimum absolute atomic E-state index is 0.107. The molecule has 0 bridgehead atoms. The van der Waals surface area contributed by atoms with Gasteiger partial charge in [-0.3, -0.25) is 4.99 Å². The number of hydrogen-bond donors (Lipinski definition) is 1. The maximum atomic E-state index is 12.6. The van der Waals surface area contributed by atoms with Gasteiger partial charge in [0.1, 0.15) is 0 Å². The van der Waals surface area contributed by atoms with E-state index in [9.17, 15) is 13.2 Å². The Morgan fingerprint density at radius 2 is 1.73 bits per heavy atom. The molecule has 9 nitrogen and oxygen atoms in total. The topological polar surface area (TPSA) is 94.5 Å². The fraction of sp³-hybridized carbons (Fsp3) is 0.600. The quantitative estimate of drug-likeness (QED) is 0.534. The standard InChI is InChI=1S/C20H33N5O4S/c1-6-29-20(26)25-13-11-24(12-14-25)19(21-4)22-15-17-7-9-18(10-8-17)30(27,28)23(5)16(2)3/h7-10,16H,6,11-15H2,1-5H3,(H,21,22). The van der Waals surface area contributed by atoms with Crippen molar-refractivity contribution in [2.24, 2.45) is 4.99 Å². The summed E-state index contributed by atoms with van der Waals surface area (Å²) in [4.78, 5) is 20.2. The number of guanidine groups is 1. The van der Waals surface area contributed by atoms with Crippen molar-refractivity contribution in [3.05, 3.63) is 29.8 Å². The number of benzene rings is 1. The van der Waals surface area contributed by atoms with E-state index < -0.39 is 10.0 Å². The number of nitrogens with one attached hydrogen (secondary N) is 1. The largest absolute Gasteiger partial charge is 0.450 e. The molecule has 0 spiro atoms. The molecule has 0 radical (unpaired) electrons. The van der Waals surface area contributed by atoms with Crippen LogP contribution in [-0.2, 0) is 21.3 Å². The average molecular weight is 440 g/mol. The Kier molecular flexibility index (Phi) is 8.48. The number of piperazine rings is 1. The van der Waals surface area contributed by atoms with E-state index in [0.717, 1.165) is 11.5 Å². The highest BCUT2D eigenvalue weighted by atomic mass is 32.2. The number of hydrogen-bond acceptors (Lipinski definition) is 5. The van der Waals surface area contributed by atoms with Gasteiger partial charge in [0.05, 0.1) is 11.5 Å². The number of aliphatic imine (C=N–C) groups is 1. The zero-order valence-corrected chi connectivity index (χ0v) is 19.3. The summed E-state index contributed by atoms with van der Waals surface area (Å²) < 4.78 is 31.5. The van der Waals surface area contributed by atoms with Crippen LogP contribution in [0.1, 0.15) is 26.3 Å². The highest BCUT2D eigenvalue weighted by Crippen LogP contribution is 2.17. The maximum Gasteiger partial charge on any atom is 0.409 e. The van der Waals surface area contributed by atoms with E-state index in [2.05, 4.69) is 15.2 Å². The van der Waals surface area contributed by atoms with Gasteiger partial charge in [-0.15, -0.1) is 0 Å². The van der Waals surface area contributed by atoms with Gasteiger partial charge in [0.2, 0.25) is 10.0 Å². The molecule has 1 aliphatic heterocycles. The second-order valence-corrected chi connectivity index (χ2v) is 9.33. The molecule has 10 heteroatoms. The second-order valence-electron chi connectivity index (χ2n) is 7.33. The van der Waals surface area contributed by atoms with Crippen LogP contribution in [0.15, 0.2) is 34.2 Å². The van der Waals surface area contributed by atoms with Gasteiger partial charge in [-0.05, 0) is 38.5 Å². The molecule has 0 aromatic heterocycles. The molecule has 1 aromatic rings. The molecule has 1 saturated heterocycles. The zero-order valence-electron chi connectivity index (χ0n) is 18.5. The van der Waals surface area contributed by atoms with Gasteiger partial charge in [0, 0.05) is 52.9 Å². The zero-order chi connectivity index (χ0) is 22.3. The van der Waals surface area contributed by atoms with Gasteiger partial charge in [-0.2, -0.15) is 4.31 Å². The lowest BCUT2D eigenvalue weighted by molar-refractivity contribution is 0.0914. The summed E-state index contributed by atoms with van der Waals surface area (Å²) in [6.45, 7) is 8.85. The highest BCUT2D eigenvalue weighted by Gasteiger charge is 2.24. The fourth-order valence-corrected chi connectivity index (χ4v) is 4.42. The molecule has 1 aromatic carbocycles. The lowest BCUT2D eigenvalue weighted by atomic mass is 10.2. The maximum absolute atomic E-state index is 12.6. The normalized spacial score (nSPS) is 15.6. The monoisotopic (exact) mass is 439 g/mol. The molecule has 1 heterocycles. The van der Waals surface area contributed by atoms with Gasteiger partial charge in [0.25, 0.3) is 0 Å². The van der Waals surface area contributed by atoms with E-state index in [1.165, 1.54) is 4.31 Å². The molecule has 168 valence electrons. The van der Waals surface area contributed by atoms with E-state index in [1.54, 1.807) is 50.2 Å². The first-order valence-electron chi connectivity index (χ1n) is 10.1. The van der Waals surface area contributed by atoms with Crippen molar-refractivity contribution in [2.45, 2.75) is 38.3 Å². The van der Waals surface area contributed by atoms with Crippen LogP contribution in [0.2, 0.25) is 0 Å². The lowest BCUT2D eigenvalue weighted by Gasteiger charge is -2.35. The SMILES string of the molecule is CCOC(=O)N1CCN(C(=NC)NCc2ccc(S(=O)(=O)N(C)C(C)C)cc2)CC1. The highest BCUT2D eigenvalue weighted by molar-refractivity contribution is 7.89. The van der Waals surface area contributed by atoms with Crippen LogP contribution in [0.4, 0.5) is 4.79 Å². The van der Waals surface area contributed by atoms with Crippen LogP contribution in [0.25, 0.3) is 0 Å². The van der Waals surface area contributed by atoms with E-state index in [4.69, 9.17) is 4.74 Å². The Labute approximate surface area is 179 Å². The van der Waals surface area contributed by atoms with Crippen LogP contribution in [-0.4, -0.2) is 87.5 Å². The Bertz CT molecular complexity index is 831. The summed E-state index contributed by atoms with van der Waals surface area (Å²) in [7, 11) is -0.182. The molecule has 1 N–H and O–H groups in total. The van der Waals surface area contributed by atoms with Crippen LogP contribution < -0.4 is 5.32 Å². The molecule has 0 saturated carbocycles. The summed E-state index contributed by atoms with van der Waals surface area (Å²) in [5.41, 5.74) is 0.951. The minimum atomic E-state index is -3.49. The van der Waals surface area contributed by atoms with Crippen molar-refractivity contribution < 1.29 is 17.9 Å². The summed E-state index contributed by atoms with van der Waals surface area (Å²) in [5, 5.41) is 3.31. The van der Waals surface area contributed by atoms with Crippen molar-refractivity contribution in [3.8, 4) is 0 Å². The lowest BCUT2D eigenvalue weighted by Crippen LogP contribution is -2.53. The number of nitrogens with zero attached hydrogens (tertiary/aromatic N) is 4. The van der Waals surface area contributed by atoms with Crippen molar-refractivity contribution in [1.82, 2.24) is 19.4 Å². The van der Waals surface area contributed by atoms with Crippen LogP contribution >= 0.6 is 0 Å². The molecular formula is C20H33N5O4S. The van der Waals surface area contributed by atoms with Crippen molar-refractivity contribution in [2.75, 3.05) is 46.9 Å². The number of carbonyl (C=O) groups is 1. The molecule has 0 unspecified atom stereocenters. The van der Waals surface area contributed by atoms with Gasteiger partial charge < -0.3 is 19.9 Å². The number of amides is 1. The Hall–Kier alpha value is -2.33. The molecule has 0 aliphatic carbocycles. The molecule has 1 fully saturated rings. The fourth-order valence-electron chi connectivity index (χ4n) is 3.05. The van der Waals surface area contributed by atoms with Gasteiger partial charge >= 0.3 is 6.09 Å². The van der Waals surface area contributed by atoms with E-state index in [-0.39, 0.29) is 17.0 Å². The van der Waals surface area contributed by atoms with Crippen molar-refractivity contribution in [3.63, 3.8) is 0 Å². The first-order valence-corrected chi connectivity index (χ1v) is 11.6. The third kappa shape index (κ3) is 5.85. The Balaban J connectivity index is 1.92. The predicted molar refractivity (Wildman–Crippen MR) is 117 cm³/mol. The second kappa shape index (κ2) is 10.6. The minimum Gasteiger partial charge on any atom is -0.450 e. The number of carbonyl (C=O) groups excluding carboxylic acids is 1. The summed E-state index contributed by atoms with van der Waals surface area (Å²) in [6, 6.07) is 6.77. The third-order valence-electron chi connectivity index (χ3n) is 5.10.